The summed E-state index contributed by atoms with van der Waals surface area (Å²) in [4.78, 5) is 8.96. The highest BCUT2D eigenvalue weighted by Crippen LogP contribution is 2.28. The van der Waals surface area contributed by atoms with Crippen molar-refractivity contribution in [3.8, 4) is 28.6 Å². The Balaban J connectivity index is 1.71. The molecule has 0 aliphatic heterocycles. The molecule has 27 heavy (non-hydrogen) atoms. The van der Waals surface area contributed by atoms with Crippen molar-refractivity contribution in [1.82, 2.24) is 29.4 Å². The number of benzene rings is 2. The third-order valence-electron chi connectivity index (χ3n) is 4.12. The number of aromatic hydroxyl groups is 2. The summed E-state index contributed by atoms with van der Waals surface area (Å²) in [5, 5.41) is 29.5. The second-order valence-corrected chi connectivity index (χ2v) is 6.40. The zero-order valence-corrected chi connectivity index (χ0v) is 14.4. The van der Waals surface area contributed by atoms with Gasteiger partial charge in [0, 0.05) is 16.7 Å². The molecule has 0 bridgehead atoms. The number of fused-ring (bicyclic) bond motifs is 3. The van der Waals surface area contributed by atoms with Crippen LogP contribution >= 0.6 is 11.6 Å². The van der Waals surface area contributed by atoms with Crippen molar-refractivity contribution in [2.45, 2.75) is 0 Å². The highest BCUT2D eigenvalue weighted by Gasteiger charge is 2.15. The van der Waals surface area contributed by atoms with Crippen molar-refractivity contribution >= 4 is 28.3 Å². The molecule has 3 aromatic heterocycles. The summed E-state index contributed by atoms with van der Waals surface area (Å²) < 4.78 is 3.21. The van der Waals surface area contributed by atoms with Crippen LogP contribution in [0.15, 0.2) is 55.0 Å². The van der Waals surface area contributed by atoms with E-state index in [1.165, 1.54) is 22.7 Å². The third-order valence-corrected chi connectivity index (χ3v) is 4.35. The van der Waals surface area contributed by atoms with Gasteiger partial charge in [0.15, 0.2) is 17.1 Å². The van der Waals surface area contributed by atoms with Crippen molar-refractivity contribution in [3.63, 3.8) is 0 Å². The van der Waals surface area contributed by atoms with Crippen LogP contribution in [0.3, 0.4) is 0 Å². The lowest BCUT2D eigenvalue weighted by Gasteiger charge is -2.02. The Kier molecular flexibility index (Phi) is 3.28. The lowest BCUT2D eigenvalue weighted by molar-refractivity contribution is 0.451. The number of rotatable bonds is 2. The van der Waals surface area contributed by atoms with Crippen LogP contribution in [0.4, 0.5) is 0 Å². The zero-order valence-electron chi connectivity index (χ0n) is 13.7. The van der Waals surface area contributed by atoms with E-state index in [0.717, 1.165) is 5.69 Å². The lowest BCUT2D eigenvalue weighted by atomic mass is 10.2. The molecule has 0 unspecified atom stereocenters. The maximum absolute atomic E-state index is 9.69. The molecular formula is C18H11ClN6O2. The molecule has 0 radical (unpaired) electrons. The molecule has 9 heteroatoms. The molecule has 132 valence electrons. The smallest absolute Gasteiger partial charge is 0.182 e. The fraction of sp³-hybridized carbons (Fsp3) is 0. The number of halogens is 1. The van der Waals surface area contributed by atoms with E-state index in [9.17, 15) is 10.2 Å². The van der Waals surface area contributed by atoms with E-state index in [-0.39, 0.29) is 11.5 Å². The minimum Gasteiger partial charge on any atom is -0.508 e. The lowest BCUT2D eigenvalue weighted by Crippen LogP contribution is -1.98. The van der Waals surface area contributed by atoms with Crippen LogP contribution in [0.25, 0.3) is 33.8 Å². The first-order valence-corrected chi connectivity index (χ1v) is 8.35. The van der Waals surface area contributed by atoms with E-state index in [2.05, 4.69) is 20.2 Å². The van der Waals surface area contributed by atoms with E-state index < -0.39 is 0 Å². The SMILES string of the molecule is Oc1cc(O)cc(-c2nc3c4cnn(-c5cccc(Cl)c5)c4ncn3n2)c1. The van der Waals surface area contributed by atoms with Gasteiger partial charge in [-0.1, -0.05) is 17.7 Å². The molecule has 5 aromatic rings. The van der Waals surface area contributed by atoms with Crippen molar-refractivity contribution in [2.75, 3.05) is 0 Å². The highest BCUT2D eigenvalue weighted by atomic mass is 35.5. The Morgan fingerprint density at radius 3 is 2.56 bits per heavy atom. The summed E-state index contributed by atoms with van der Waals surface area (Å²) in [5.74, 6) is 0.216. The maximum Gasteiger partial charge on any atom is 0.182 e. The van der Waals surface area contributed by atoms with E-state index in [1.54, 1.807) is 29.3 Å². The first kappa shape index (κ1) is 15.6. The quantitative estimate of drug-likeness (QED) is 0.489. The Morgan fingerprint density at radius 2 is 1.78 bits per heavy atom. The fourth-order valence-corrected chi connectivity index (χ4v) is 3.15. The van der Waals surface area contributed by atoms with Crippen molar-refractivity contribution in [3.05, 3.63) is 60.0 Å². The molecule has 0 amide bonds. The Morgan fingerprint density at radius 1 is 0.963 bits per heavy atom. The highest BCUT2D eigenvalue weighted by molar-refractivity contribution is 6.30. The number of aromatic nitrogens is 6. The second kappa shape index (κ2) is 5.68. The van der Waals surface area contributed by atoms with Gasteiger partial charge < -0.3 is 10.2 Å². The van der Waals surface area contributed by atoms with Crippen LogP contribution < -0.4 is 0 Å². The first-order chi connectivity index (χ1) is 13.1. The van der Waals surface area contributed by atoms with Gasteiger partial charge in [0.05, 0.1) is 17.3 Å². The van der Waals surface area contributed by atoms with E-state index in [1.807, 2.05) is 12.1 Å². The minimum atomic E-state index is -0.0686. The molecule has 3 heterocycles. The van der Waals surface area contributed by atoms with Crippen molar-refractivity contribution < 1.29 is 10.2 Å². The molecule has 8 nitrogen and oxygen atoms in total. The third kappa shape index (κ3) is 2.54. The predicted molar refractivity (Wildman–Crippen MR) is 99.2 cm³/mol. The van der Waals surface area contributed by atoms with Crippen LogP contribution in [0.2, 0.25) is 5.02 Å². The molecule has 0 saturated carbocycles. The van der Waals surface area contributed by atoms with Gasteiger partial charge in [-0.3, -0.25) is 0 Å². The number of phenols is 2. The van der Waals surface area contributed by atoms with Crippen molar-refractivity contribution in [1.29, 1.82) is 0 Å². The summed E-state index contributed by atoms with van der Waals surface area (Å²) >= 11 is 6.08. The minimum absolute atomic E-state index is 0.0686. The summed E-state index contributed by atoms with van der Waals surface area (Å²) in [6.45, 7) is 0. The van der Waals surface area contributed by atoms with E-state index in [4.69, 9.17) is 11.6 Å². The molecule has 0 aliphatic carbocycles. The van der Waals surface area contributed by atoms with Crippen LogP contribution in [0.5, 0.6) is 11.5 Å². The summed E-state index contributed by atoms with van der Waals surface area (Å²) in [5.41, 5.74) is 2.45. The van der Waals surface area contributed by atoms with Gasteiger partial charge in [0.25, 0.3) is 0 Å². The van der Waals surface area contributed by atoms with Gasteiger partial charge in [-0.2, -0.15) is 5.10 Å². The van der Waals surface area contributed by atoms with Gasteiger partial charge in [0.2, 0.25) is 0 Å². The molecule has 0 spiro atoms. The molecule has 5 rings (SSSR count). The number of nitrogens with zero attached hydrogens (tertiary/aromatic N) is 6. The van der Waals surface area contributed by atoms with E-state index in [0.29, 0.717) is 33.1 Å². The maximum atomic E-state index is 9.69. The summed E-state index contributed by atoms with van der Waals surface area (Å²) in [6, 6.07) is 11.5. The number of hydrogen-bond donors (Lipinski definition) is 2. The Hall–Kier alpha value is -3.65. The molecular weight excluding hydrogens is 368 g/mol. The largest absolute Gasteiger partial charge is 0.508 e. The van der Waals surface area contributed by atoms with Crippen LogP contribution in [0, 0.1) is 0 Å². The average molecular weight is 379 g/mol. The van der Waals surface area contributed by atoms with E-state index >= 15 is 0 Å². The molecule has 2 aromatic carbocycles. The zero-order chi connectivity index (χ0) is 18.5. The topological polar surface area (TPSA) is 101 Å². The first-order valence-electron chi connectivity index (χ1n) is 7.97. The Bertz CT molecular complexity index is 1310. The summed E-state index contributed by atoms with van der Waals surface area (Å²) in [6.07, 6.45) is 3.20. The molecule has 0 fully saturated rings. The molecule has 0 atom stereocenters. The monoisotopic (exact) mass is 378 g/mol. The second-order valence-electron chi connectivity index (χ2n) is 5.96. The van der Waals surface area contributed by atoms with Crippen LogP contribution in [0.1, 0.15) is 0 Å². The number of phenolic OH excluding ortho intramolecular Hbond substituents is 2. The van der Waals surface area contributed by atoms with Crippen LogP contribution in [-0.4, -0.2) is 39.6 Å². The average Bonchev–Trinajstić information content (AvgIpc) is 3.24. The normalized spacial score (nSPS) is 11.4. The summed E-state index contributed by atoms with van der Waals surface area (Å²) in [7, 11) is 0. The predicted octanol–water partition coefficient (Wildman–Crippen LogP) is 3.19. The van der Waals surface area contributed by atoms with Gasteiger partial charge in [0.1, 0.15) is 17.8 Å². The van der Waals surface area contributed by atoms with Crippen molar-refractivity contribution in [2.24, 2.45) is 0 Å². The number of hydrogen-bond acceptors (Lipinski definition) is 6. The fourth-order valence-electron chi connectivity index (χ4n) is 2.96. The standard InChI is InChI=1S/C18H11ClN6O2/c19-11-2-1-3-12(6-11)25-17-15(8-21-25)18-22-16(23-24(18)9-20-17)10-4-13(26)7-14(27)5-10/h1-9,26-27H. The Labute approximate surface area is 156 Å². The van der Waals surface area contributed by atoms with Gasteiger partial charge in [-0.25, -0.2) is 19.2 Å². The van der Waals surface area contributed by atoms with Gasteiger partial charge in [-0.15, -0.1) is 5.10 Å². The van der Waals surface area contributed by atoms with Crippen LogP contribution in [-0.2, 0) is 0 Å². The molecule has 2 N–H and O–H groups in total. The van der Waals surface area contributed by atoms with Gasteiger partial charge >= 0.3 is 0 Å². The molecule has 0 aliphatic rings. The van der Waals surface area contributed by atoms with Gasteiger partial charge in [-0.05, 0) is 30.3 Å². The molecule has 0 saturated heterocycles.